The highest BCUT2D eigenvalue weighted by Gasteiger charge is 2.37. The SMILES string of the molecule is COc1cc(-c2nc3n(n2)CCCC3c2ccccc2C(F)(F)F)ccc1-n1cnc(C)n1. The fraction of sp³-hybridized carbons (Fsp3) is 0.304. The van der Waals surface area contributed by atoms with Gasteiger partial charge in [0.25, 0.3) is 0 Å². The van der Waals surface area contributed by atoms with Crippen LogP contribution in [0.1, 0.15) is 41.5 Å². The molecule has 0 spiro atoms. The van der Waals surface area contributed by atoms with Gasteiger partial charge in [0.15, 0.2) is 5.82 Å². The van der Waals surface area contributed by atoms with Gasteiger partial charge < -0.3 is 4.74 Å². The molecule has 0 bridgehead atoms. The first kappa shape index (κ1) is 21.2. The predicted octanol–water partition coefficient (Wildman–Crippen LogP) is 4.79. The Balaban J connectivity index is 1.55. The van der Waals surface area contributed by atoms with E-state index in [2.05, 4.69) is 20.2 Å². The van der Waals surface area contributed by atoms with Gasteiger partial charge in [-0.2, -0.15) is 23.4 Å². The fourth-order valence-electron chi connectivity index (χ4n) is 4.29. The molecule has 10 heteroatoms. The molecule has 33 heavy (non-hydrogen) atoms. The Bertz CT molecular complexity index is 1310. The van der Waals surface area contributed by atoms with Crippen LogP contribution in [-0.2, 0) is 12.7 Å². The molecule has 0 fully saturated rings. The van der Waals surface area contributed by atoms with Gasteiger partial charge in [0.05, 0.1) is 12.7 Å². The van der Waals surface area contributed by atoms with Crippen molar-refractivity contribution in [3.05, 3.63) is 71.6 Å². The van der Waals surface area contributed by atoms with Gasteiger partial charge in [-0.25, -0.2) is 19.3 Å². The average Bonchev–Trinajstić information content (AvgIpc) is 3.44. The molecule has 1 aliphatic heterocycles. The molecule has 2 aromatic carbocycles. The Morgan fingerprint density at radius 2 is 1.91 bits per heavy atom. The lowest BCUT2D eigenvalue weighted by molar-refractivity contribution is -0.138. The molecule has 0 aliphatic carbocycles. The Hall–Kier alpha value is -3.69. The van der Waals surface area contributed by atoms with Crippen molar-refractivity contribution in [2.24, 2.45) is 0 Å². The molecule has 3 heterocycles. The van der Waals surface area contributed by atoms with Crippen molar-refractivity contribution in [2.45, 2.75) is 38.4 Å². The van der Waals surface area contributed by atoms with Crippen molar-refractivity contribution in [2.75, 3.05) is 7.11 Å². The first-order chi connectivity index (χ1) is 15.8. The highest BCUT2D eigenvalue weighted by Crippen LogP contribution is 2.41. The Morgan fingerprint density at radius 1 is 1.09 bits per heavy atom. The van der Waals surface area contributed by atoms with Gasteiger partial charge in [-0.15, -0.1) is 0 Å². The molecule has 1 aliphatic rings. The molecule has 170 valence electrons. The topological polar surface area (TPSA) is 70.7 Å². The standard InChI is InChI=1S/C23H21F3N6O/c1-14-27-13-32(29-14)19-10-9-15(12-20(19)33-2)21-28-22-17(7-5-11-31(22)30-21)16-6-3-4-8-18(16)23(24,25)26/h3-4,6,8-10,12-13,17H,5,7,11H2,1-2H3. The van der Waals surface area contributed by atoms with Gasteiger partial charge in [0.2, 0.25) is 0 Å². The maximum atomic E-state index is 13.6. The normalized spacial score (nSPS) is 16.0. The van der Waals surface area contributed by atoms with Crippen LogP contribution >= 0.6 is 0 Å². The first-order valence-electron chi connectivity index (χ1n) is 10.5. The number of hydrogen-bond acceptors (Lipinski definition) is 5. The molecular weight excluding hydrogens is 433 g/mol. The van der Waals surface area contributed by atoms with Crippen LogP contribution in [0.5, 0.6) is 5.75 Å². The number of benzene rings is 2. The second-order valence-electron chi connectivity index (χ2n) is 7.92. The number of aromatic nitrogens is 6. The maximum absolute atomic E-state index is 13.6. The van der Waals surface area contributed by atoms with Crippen LogP contribution in [0.2, 0.25) is 0 Å². The van der Waals surface area contributed by atoms with Gasteiger partial charge in [-0.3, -0.25) is 0 Å². The lowest BCUT2D eigenvalue weighted by atomic mass is 9.88. The number of nitrogens with zero attached hydrogens (tertiary/aromatic N) is 6. The van der Waals surface area contributed by atoms with Crippen LogP contribution in [0.15, 0.2) is 48.8 Å². The number of alkyl halides is 3. The highest BCUT2D eigenvalue weighted by molar-refractivity contribution is 5.63. The van der Waals surface area contributed by atoms with E-state index in [0.717, 1.165) is 12.5 Å². The van der Waals surface area contributed by atoms with Crippen molar-refractivity contribution in [3.8, 4) is 22.8 Å². The van der Waals surface area contributed by atoms with E-state index in [-0.39, 0.29) is 5.56 Å². The molecule has 2 aromatic heterocycles. The molecule has 0 amide bonds. The molecule has 7 nitrogen and oxygen atoms in total. The first-order valence-corrected chi connectivity index (χ1v) is 10.5. The largest absolute Gasteiger partial charge is 0.494 e. The lowest BCUT2D eigenvalue weighted by Gasteiger charge is -2.25. The van der Waals surface area contributed by atoms with E-state index in [1.807, 2.05) is 12.1 Å². The second-order valence-corrected chi connectivity index (χ2v) is 7.92. The van der Waals surface area contributed by atoms with Crippen LogP contribution in [-0.4, -0.2) is 36.6 Å². The van der Waals surface area contributed by atoms with Gasteiger partial charge in [0, 0.05) is 18.0 Å². The van der Waals surface area contributed by atoms with Crippen LogP contribution < -0.4 is 4.74 Å². The number of fused-ring (bicyclic) bond motifs is 1. The molecule has 5 rings (SSSR count). The zero-order valence-corrected chi connectivity index (χ0v) is 18.0. The fourth-order valence-corrected chi connectivity index (χ4v) is 4.29. The van der Waals surface area contributed by atoms with Gasteiger partial charge in [0.1, 0.15) is 29.4 Å². The molecule has 0 saturated carbocycles. The summed E-state index contributed by atoms with van der Waals surface area (Å²) in [5, 5.41) is 8.92. The molecule has 0 N–H and O–H groups in total. The van der Waals surface area contributed by atoms with Crippen molar-refractivity contribution in [1.29, 1.82) is 0 Å². The molecule has 0 radical (unpaired) electrons. The summed E-state index contributed by atoms with van der Waals surface area (Å²) in [4.78, 5) is 8.82. The van der Waals surface area contributed by atoms with Crippen molar-refractivity contribution in [1.82, 2.24) is 29.5 Å². The summed E-state index contributed by atoms with van der Waals surface area (Å²) in [6.45, 7) is 2.41. The Kier molecular flexibility index (Phi) is 5.15. The summed E-state index contributed by atoms with van der Waals surface area (Å²) >= 11 is 0. The average molecular weight is 454 g/mol. The van der Waals surface area contributed by atoms with E-state index < -0.39 is 17.7 Å². The minimum Gasteiger partial charge on any atom is -0.494 e. The zero-order valence-electron chi connectivity index (χ0n) is 18.0. The van der Waals surface area contributed by atoms with Gasteiger partial charge in [-0.1, -0.05) is 18.2 Å². The zero-order chi connectivity index (χ0) is 23.2. The predicted molar refractivity (Wildman–Crippen MR) is 114 cm³/mol. The van der Waals surface area contributed by atoms with Crippen molar-refractivity contribution in [3.63, 3.8) is 0 Å². The van der Waals surface area contributed by atoms with Crippen LogP contribution in [0, 0.1) is 6.92 Å². The number of rotatable bonds is 4. The summed E-state index contributed by atoms with van der Waals surface area (Å²) in [5.41, 5.74) is 1.03. The second kappa shape index (κ2) is 8.02. The van der Waals surface area contributed by atoms with E-state index in [0.29, 0.717) is 47.4 Å². The molecular formula is C23H21F3N6O. The third kappa shape index (κ3) is 3.85. The Morgan fingerprint density at radius 3 is 2.64 bits per heavy atom. The van der Waals surface area contributed by atoms with Crippen molar-refractivity contribution < 1.29 is 17.9 Å². The summed E-state index contributed by atoms with van der Waals surface area (Å²) < 4.78 is 49.8. The van der Waals surface area contributed by atoms with Gasteiger partial charge in [-0.05, 0) is 49.6 Å². The number of hydrogen-bond donors (Lipinski definition) is 0. The number of halogens is 3. The minimum atomic E-state index is -4.43. The summed E-state index contributed by atoms with van der Waals surface area (Å²) in [6, 6.07) is 11.2. The van der Waals surface area contributed by atoms with E-state index in [1.165, 1.54) is 12.1 Å². The number of aryl methyl sites for hydroxylation is 2. The lowest BCUT2D eigenvalue weighted by Crippen LogP contribution is -2.21. The summed E-state index contributed by atoms with van der Waals surface area (Å²) in [7, 11) is 1.56. The third-order valence-corrected chi connectivity index (χ3v) is 5.81. The monoisotopic (exact) mass is 454 g/mol. The number of methoxy groups -OCH3 is 1. The van der Waals surface area contributed by atoms with Crippen molar-refractivity contribution >= 4 is 0 Å². The molecule has 1 unspecified atom stereocenters. The van der Waals surface area contributed by atoms with Crippen LogP contribution in [0.25, 0.3) is 17.1 Å². The number of ether oxygens (including phenoxy) is 1. The highest BCUT2D eigenvalue weighted by atomic mass is 19.4. The van der Waals surface area contributed by atoms with Crippen LogP contribution in [0.4, 0.5) is 13.2 Å². The summed E-state index contributed by atoms with van der Waals surface area (Å²) in [6.07, 6.45) is -1.52. The van der Waals surface area contributed by atoms with E-state index in [1.54, 1.807) is 41.9 Å². The van der Waals surface area contributed by atoms with E-state index >= 15 is 0 Å². The van der Waals surface area contributed by atoms with Crippen LogP contribution in [0.3, 0.4) is 0 Å². The smallest absolute Gasteiger partial charge is 0.416 e. The third-order valence-electron chi connectivity index (χ3n) is 5.81. The molecule has 1 atom stereocenters. The van der Waals surface area contributed by atoms with E-state index in [9.17, 15) is 13.2 Å². The molecule has 0 saturated heterocycles. The molecule has 4 aromatic rings. The Labute approximate surface area is 187 Å². The quantitative estimate of drug-likeness (QED) is 0.444. The summed E-state index contributed by atoms with van der Waals surface area (Å²) in [5.74, 6) is 1.71. The van der Waals surface area contributed by atoms with Gasteiger partial charge >= 0.3 is 6.18 Å². The van der Waals surface area contributed by atoms with E-state index in [4.69, 9.17) is 4.74 Å². The maximum Gasteiger partial charge on any atom is 0.416 e. The minimum absolute atomic E-state index is 0.236.